The van der Waals surface area contributed by atoms with E-state index in [9.17, 15) is 5.26 Å². The number of nitriles is 1. The van der Waals surface area contributed by atoms with Gasteiger partial charge in [-0.2, -0.15) is 5.26 Å². The van der Waals surface area contributed by atoms with E-state index >= 15 is 0 Å². The van der Waals surface area contributed by atoms with Gasteiger partial charge in [0.2, 0.25) is 0 Å². The lowest BCUT2D eigenvalue weighted by Crippen LogP contribution is -2.32. The van der Waals surface area contributed by atoms with Crippen LogP contribution in [0.3, 0.4) is 0 Å². The Morgan fingerprint density at radius 3 is 2.39 bits per heavy atom. The van der Waals surface area contributed by atoms with E-state index in [0.29, 0.717) is 43.5 Å². The summed E-state index contributed by atoms with van der Waals surface area (Å²) in [6.07, 6.45) is 1.30. The normalized spacial score (nSPS) is 17.6. The summed E-state index contributed by atoms with van der Waals surface area (Å²) in [5, 5.41) is 10.4. The highest BCUT2D eigenvalue weighted by atomic mass is 16.5. The molecule has 1 atom stereocenters. The van der Waals surface area contributed by atoms with E-state index in [1.165, 1.54) is 26.4 Å². The molecule has 1 unspecified atom stereocenters. The zero-order valence-electron chi connectivity index (χ0n) is 28.9. The van der Waals surface area contributed by atoms with Gasteiger partial charge in [-0.15, -0.1) is 0 Å². The van der Waals surface area contributed by atoms with E-state index in [1.807, 2.05) is 25.8 Å². The average molecular weight is 464 g/mol. The number of hydrogen-bond donors (Lipinski definition) is 0. The van der Waals surface area contributed by atoms with Crippen LogP contribution in [-0.2, 0) is 11.8 Å². The van der Waals surface area contributed by atoms with Crippen molar-refractivity contribution >= 4 is 0 Å². The minimum atomic E-state index is -2.87. The van der Waals surface area contributed by atoms with Crippen LogP contribution in [0.15, 0.2) is 36.3 Å². The molecule has 0 spiro atoms. The van der Waals surface area contributed by atoms with Crippen molar-refractivity contribution in [2.24, 2.45) is 5.92 Å². The summed E-state index contributed by atoms with van der Waals surface area (Å²) in [6, 6.07) is 6.41. The highest BCUT2D eigenvalue weighted by Crippen LogP contribution is 2.40. The van der Waals surface area contributed by atoms with Crippen molar-refractivity contribution in [2.75, 3.05) is 48.4 Å². The largest absolute Gasteiger partial charge is 0.493 e. The van der Waals surface area contributed by atoms with Crippen molar-refractivity contribution in [1.82, 2.24) is 4.90 Å². The minimum Gasteiger partial charge on any atom is -0.493 e. The first-order chi connectivity index (χ1) is 19.4. The van der Waals surface area contributed by atoms with Crippen LogP contribution in [0.25, 0.3) is 0 Å². The van der Waals surface area contributed by atoms with Gasteiger partial charge in [0, 0.05) is 6.54 Å². The van der Waals surface area contributed by atoms with Gasteiger partial charge in [-0.3, -0.25) is 0 Å². The number of hydrogen-bond acceptors (Lipinski definition) is 6. The molecule has 0 aliphatic rings. The van der Waals surface area contributed by atoms with Crippen molar-refractivity contribution in [2.45, 2.75) is 38.5 Å². The molecule has 2 aromatic carbocycles. The topological polar surface area (TPSA) is 64.0 Å². The highest BCUT2D eigenvalue weighted by molar-refractivity contribution is 5.47. The summed E-state index contributed by atoms with van der Waals surface area (Å²) >= 11 is 0. The molecule has 0 saturated heterocycles. The van der Waals surface area contributed by atoms with Crippen LogP contribution >= 0.6 is 0 Å². The first-order valence-electron chi connectivity index (χ1n) is 15.2. The van der Waals surface area contributed by atoms with Gasteiger partial charge >= 0.3 is 0 Å². The lowest BCUT2D eigenvalue weighted by atomic mass is 9.69. The lowest BCUT2D eigenvalue weighted by molar-refractivity contribution is 0.292. The molecule has 6 heteroatoms. The molecule has 33 heavy (non-hydrogen) atoms. The Bertz CT molecular complexity index is 1280. The van der Waals surface area contributed by atoms with Gasteiger partial charge in [0.1, 0.15) is 0 Å². The summed E-state index contributed by atoms with van der Waals surface area (Å²) in [5.74, 6) is -0.580. The van der Waals surface area contributed by atoms with Crippen LogP contribution in [0.1, 0.15) is 50.2 Å². The molecule has 0 radical (unpaired) electrons. The second-order valence-corrected chi connectivity index (χ2v) is 8.18. The summed E-state index contributed by atoms with van der Waals surface area (Å²) in [7, 11) is -1.07. The van der Waals surface area contributed by atoms with E-state index in [4.69, 9.17) is 31.3 Å². The Hall–Kier alpha value is -2.91. The molecule has 2 aromatic rings. The Morgan fingerprint density at radius 1 is 1.03 bits per heavy atom. The van der Waals surface area contributed by atoms with Crippen LogP contribution < -0.4 is 18.9 Å². The lowest BCUT2D eigenvalue weighted by Gasteiger charge is -2.32. The number of methoxy groups -OCH3 is 4. The smallest absolute Gasteiger partial charge is 0.161 e. The third-order valence-corrected chi connectivity index (χ3v) is 5.92. The van der Waals surface area contributed by atoms with E-state index in [-0.39, 0.29) is 47.0 Å². The number of nitrogens with zero attached hydrogens (tertiary/aromatic N) is 2. The van der Waals surface area contributed by atoms with Crippen molar-refractivity contribution < 1.29 is 31.3 Å². The van der Waals surface area contributed by atoms with Gasteiger partial charge in [-0.25, -0.2) is 0 Å². The number of rotatable bonds is 13. The molecule has 0 saturated carbocycles. The molecule has 6 nitrogen and oxygen atoms in total. The summed E-state index contributed by atoms with van der Waals surface area (Å²) in [6.45, 7) is 4.80. The van der Waals surface area contributed by atoms with E-state index in [1.54, 1.807) is 6.07 Å². The van der Waals surface area contributed by atoms with Crippen molar-refractivity contribution in [3.63, 3.8) is 0 Å². The fourth-order valence-electron chi connectivity index (χ4n) is 3.83. The highest BCUT2D eigenvalue weighted by Gasteiger charge is 2.36. The average Bonchev–Trinajstić information content (AvgIpc) is 2.87. The number of benzene rings is 2. The van der Waals surface area contributed by atoms with E-state index in [2.05, 4.69) is 6.07 Å². The molecule has 2 rings (SSSR count). The molecule has 0 N–H and O–H groups in total. The van der Waals surface area contributed by atoms with Gasteiger partial charge in [-0.05, 0) is 74.1 Å². The molecular formula is C27H38N2O4. The maximum Gasteiger partial charge on any atom is 0.161 e. The standard InChI is InChI=1S/C27H38N2O4/c1-20(2)27(19-28,22-10-12-24(31-5)26(18-22)33-7)14-8-15-29(3)16-13-21-9-11-23(30-4)25(17-21)32-6/h9-12,17-18,20H,8,13-16H2,1-7H3/i5D3,7D3,9D,11D,17D. The van der Waals surface area contributed by atoms with Crippen molar-refractivity contribution in [3.05, 3.63) is 47.5 Å². The number of ether oxygens (including phenoxy) is 4. The quantitative estimate of drug-likeness (QED) is 0.412. The van der Waals surface area contributed by atoms with Crippen molar-refractivity contribution in [3.8, 4) is 29.1 Å². The molecule has 0 bridgehead atoms. The Morgan fingerprint density at radius 2 is 1.76 bits per heavy atom. The predicted octanol–water partition coefficient (Wildman–Crippen LogP) is 5.09. The second-order valence-electron chi connectivity index (χ2n) is 8.18. The fraction of sp³-hybridized carbons (Fsp3) is 0.519. The van der Waals surface area contributed by atoms with Crippen LogP contribution in [0.5, 0.6) is 23.0 Å². The van der Waals surface area contributed by atoms with Crippen LogP contribution in [0.4, 0.5) is 0 Å². The van der Waals surface area contributed by atoms with E-state index in [0.717, 1.165) is 0 Å². The molecule has 0 aliphatic heterocycles. The Balaban J connectivity index is 2.25. The monoisotopic (exact) mass is 463 g/mol. The first-order valence-corrected chi connectivity index (χ1v) is 10.7. The molecule has 0 aliphatic carbocycles. The SMILES string of the molecule is [2H]c1c([2H])c(OC)c(OC)c([2H])c1CCN(C)CCCC(C#N)(c1ccc(OC([2H])([2H])[2H])c(OC([2H])([2H])[2H])c1)C(C)C. The van der Waals surface area contributed by atoms with Crippen LogP contribution in [-0.4, -0.2) is 53.3 Å². The van der Waals surface area contributed by atoms with Gasteiger partial charge in [0.25, 0.3) is 0 Å². The Labute approximate surface area is 211 Å². The molecule has 180 valence electrons. The summed E-state index contributed by atoms with van der Waals surface area (Å²) in [4.78, 5) is 2.00. The van der Waals surface area contributed by atoms with Crippen molar-refractivity contribution in [1.29, 1.82) is 5.26 Å². The van der Waals surface area contributed by atoms with Crippen LogP contribution in [0, 0.1) is 17.2 Å². The second kappa shape index (κ2) is 12.4. The molecule has 0 aromatic heterocycles. The van der Waals surface area contributed by atoms with Crippen LogP contribution in [0.2, 0.25) is 0 Å². The third-order valence-electron chi connectivity index (χ3n) is 5.92. The number of likely N-dealkylation sites (N-methyl/N-ethyl adjacent to an activating group) is 1. The predicted molar refractivity (Wildman–Crippen MR) is 132 cm³/mol. The molecule has 0 amide bonds. The maximum absolute atomic E-state index is 10.4. The third kappa shape index (κ3) is 6.33. The molecule has 0 heterocycles. The first kappa shape index (κ1) is 15.8. The Kier molecular flexibility index (Phi) is 5.93. The van der Waals surface area contributed by atoms with Gasteiger partial charge in [0.05, 0.1) is 52.1 Å². The fourth-order valence-corrected chi connectivity index (χ4v) is 3.83. The maximum atomic E-state index is 10.4. The molecule has 0 fully saturated rings. The zero-order valence-corrected chi connectivity index (χ0v) is 19.9. The summed E-state index contributed by atoms with van der Waals surface area (Å²) < 4.78 is 90.1. The van der Waals surface area contributed by atoms with Gasteiger partial charge in [0.15, 0.2) is 23.0 Å². The van der Waals surface area contributed by atoms with E-state index < -0.39 is 19.5 Å². The zero-order chi connectivity index (χ0) is 32.0. The van der Waals surface area contributed by atoms with Gasteiger partial charge in [-0.1, -0.05) is 26.0 Å². The minimum absolute atomic E-state index is 0.00746. The van der Waals surface area contributed by atoms with Gasteiger partial charge < -0.3 is 23.8 Å². The molecular weight excluding hydrogens is 416 g/mol. The summed E-state index contributed by atoms with van der Waals surface area (Å²) in [5.41, 5.74) is -0.191.